The Kier molecular flexibility index (Phi) is 5.86. The minimum Gasteiger partial charge on any atom is -0.378 e. The number of fused-ring (bicyclic) bond motifs is 1. The van der Waals surface area contributed by atoms with Gasteiger partial charge in [-0.1, -0.05) is 24.3 Å². The molecule has 172 valence electrons. The molecule has 0 radical (unpaired) electrons. The van der Waals surface area contributed by atoms with Gasteiger partial charge in [-0.15, -0.1) is 0 Å². The maximum atomic E-state index is 13.2. The third-order valence-corrected chi connectivity index (χ3v) is 6.10. The molecule has 4 aromatic rings. The quantitative estimate of drug-likeness (QED) is 0.351. The van der Waals surface area contributed by atoms with Crippen molar-refractivity contribution in [1.29, 1.82) is 5.41 Å². The Hall–Kier alpha value is -3.97. The molecule has 0 saturated carbocycles. The van der Waals surface area contributed by atoms with E-state index in [1.165, 1.54) is 0 Å². The molecule has 0 spiro atoms. The zero-order valence-electron chi connectivity index (χ0n) is 19.3. The van der Waals surface area contributed by atoms with Crippen LogP contribution in [0, 0.1) is 19.3 Å². The van der Waals surface area contributed by atoms with E-state index in [0.717, 1.165) is 46.4 Å². The Balaban J connectivity index is 1.38. The minimum absolute atomic E-state index is 0.232. The molecule has 5 rings (SSSR count). The summed E-state index contributed by atoms with van der Waals surface area (Å²) in [6, 6.07) is 21.5. The molecule has 7 heteroatoms. The Morgan fingerprint density at radius 2 is 1.65 bits per heavy atom. The molecule has 1 aromatic heterocycles. The van der Waals surface area contributed by atoms with Gasteiger partial charge in [0.25, 0.3) is 5.91 Å². The van der Waals surface area contributed by atoms with Gasteiger partial charge in [0.1, 0.15) is 11.5 Å². The Morgan fingerprint density at radius 1 is 0.971 bits per heavy atom. The highest BCUT2D eigenvalue weighted by Gasteiger charge is 2.18. The van der Waals surface area contributed by atoms with Crippen LogP contribution >= 0.6 is 0 Å². The topological polar surface area (TPSA) is 83.2 Å². The molecule has 1 aliphatic heterocycles. The first-order chi connectivity index (χ1) is 16.5. The van der Waals surface area contributed by atoms with Crippen molar-refractivity contribution < 1.29 is 9.53 Å². The lowest BCUT2D eigenvalue weighted by atomic mass is 10.1. The molecule has 3 aromatic carbocycles. The molecule has 1 saturated heterocycles. The average molecular weight is 454 g/mol. The summed E-state index contributed by atoms with van der Waals surface area (Å²) in [5, 5.41) is 18.3. The molecular formula is C27H27N5O2. The van der Waals surface area contributed by atoms with Crippen LogP contribution in [0.2, 0.25) is 0 Å². The first kappa shape index (κ1) is 21.9. The third kappa shape index (κ3) is 4.30. The standard InChI is InChI=1S/C27H27N5O2/c1-18-15-21-5-3-4-6-22(21)17-24(18)32-25(16-19(2)30-32)27(33)29-23-9-7-20(8-10-23)26(28)31-11-13-34-14-12-31/h3-10,15-17,28H,11-14H2,1-2H3,(H,29,33). The van der Waals surface area contributed by atoms with Gasteiger partial charge in [-0.3, -0.25) is 10.2 Å². The van der Waals surface area contributed by atoms with Gasteiger partial charge in [0, 0.05) is 24.3 Å². The zero-order chi connectivity index (χ0) is 23.7. The number of morpholine rings is 1. The highest BCUT2D eigenvalue weighted by Crippen LogP contribution is 2.24. The number of amidine groups is 1. The summed E-state index contributed by atoms with van der Waals surface area (Å²) in [6.45, 7) is 6.63. The number of ether oxygens (including phenoxy) is 1. The first-order valence-corrected chi connectivity index (χ1v) is 11.4. The van der Waals surface area contributed by atoms with E-state index in [2.05, 4.69) is 34.7 Å². The van der Waals surface area contributed by atoms with Gasteiger partial charge in [-0.2, -0.15) is 5.10 Å². The number of nitrogens with zero attached hydrogens (tertiary/aromatic N) is 3. The van der Waals surface area contributed by atoms with Crippen LogP contribution in [0.3, 0.4) is 0 Å². The SMILES string of the molecule is Cc1cc(C(=O)Nc2ccc(C(=N)N3CCOCC3)cc2)n(-c2cc3ccccc3cc2C)n1. The van der Waals surface area contributed by atoms with Crippen molar-refractivity contribution in [3.05, 3.63) is 89.2 Å². The second-order valence-corrected chi connectivity index (χ2v) is 8.55. The van der Waals surface area contributed by atoms with Crippen LogP contribution in [0.1, 0.15) is 27.3 Å². The van der Waals surface area contributed by atoms with Crippen LogP contribution in [0.5, 0.6) is 0 Å². The fourth-order valence-electron chi connectivity index (χ4n) is 4.29. The number of carbonyl (C=O) groups is 1. The van der Waals surface area contributed by atoms with Gasteiger partial charge in [0.05, 0.1) is 24.6 Å². The third-order valence-electron chi connectivity index (χ3n) is 6.10. The van der Waals surface area contributed by atoms with Crippen LogP contribution in [0.15, 0.2) is 66.7 Å². The molecule has 1 amide bonds. The van der Waals surface area contributed by atoms with Gasteiger partial charge in [-0.05, 0) is 72.6 Å². The summed E-state index contributed by atoms with van der Waals surface area (Å²) in [5.74, 6) is 0.242. The van der Waals surface area contributed by atoms with Gasteiger partial charge < -0.3 is 15.0 Å². The number of carbonyl (C=O) groups excluding carboxylic acids is 1. The summed E-state index contributed by atoms with van der Waals surface area (Å²) in [5.41, 5.74) is 4.65. The molecule has 34 heavy (non-hydrogen) atoms. The van der Waals surface area contributed by atoms with Crippen molar-refractivity contribution in [2.24, 2.45) is 0 Å². The largest absolute Gasteiger partial charge is 0.378 e. The molecule has 0 unspecified atom stereocenters. The Bertz CT molecular complexity index is 1370. The van der Waals surface area contributed by atoms with Crippen molar-refractivity contribution >= 4 is 28.2 Å². The van der Waals surface area contributed by atoms with Crippen molar-refractivity contribution in [3.63, 3.8) is 0 Å². The lowest BCUT2D eigenvalue weighted by Crippen LogP contribution is -2.40. The predicted molar refractivity (Wildman–Crippen MR) is 134 cm³/mol. The summed E-state index contributed by atoms with van der Waals surface area (Å²) in [6.07, 6.45) is 0. The fourth-order valence-corrected chi connectivity index (χ4v) is 4.29. The highest BCUT2D eigenvalue weighted by atomic mass is 16.5. The summed E-state index contributed by atoms with van der Waals surface area (Å²) in [7, 11) is 0. The fraction of sp³-hybridized carbons (Fsp3) is 0.222. The molecule has 1 fully saturated rings. The summed E-state index contributed by atoms with van der Waals surface area (Å²) < 4.78 is 7.09. The second kappa shape index (κ2) is 9.11. The number of benzene rings is 3. The van der Waals surface area contributed by atoms with Gasteiger partial charge in [-0.25, -0.2) is 4.68 Å². The van der Waals surface area contributed by atoms with E-state index in [1.54, 1.807) is 10.7 Å². The predicted octanol–water partition coefficient (Wildman–Crippen LogP) is 4.55. The van der Waals surface area contributed by atoms with Gasteiger partial charge >= 0.3 is 0 Å². The minimum atomic E-state index is -0.232. The monoisotopic (exact) mass is 453 g/mol. The van der Waals surface area contributed by atoms with E-state index in [9.17, 15) is 4.79 Å². The van der Waals surface area contributed by atoms with E-state index in [0.29, 0.717) is 30.4 Å². The average Bonchev–Trinajstić information content (AvgIpc) is 3.25. The summed E-state index contributed by atoms with van der Waals surface area (Å²) >= 11 is 0. The Labute approximate surface area is 198 Å². The van der Waals surface area contributed by atoms with Crippen LogP contribution in [0.25, 0.3) is 16.5 Å². The molecule has 7 nitrogen and oxygen atoms in total. The molecule has 0 atom stereocenters. The van der Waals surface area contributed by atoms with Crippen LogP contribution < -0.4 is 5.32 Å². The van der Waals surface area contributed by atoms with E-state index in [1.807, 2.05) is 55.1 Å². The van der Waals surface area contributed by atoms with Crippen molar-refractivity contribution in [3.8, 4) is 5.69 Å². The van der Waals surface area contributed by atoms with Crippen molar-refractivity contribution in [1.82, 2.24) is 14.7 Å². The molecule has 0 bridgehead atoms. The number of nitrogens with one attached hydrogen (secondary N) is 2. The van der Waals surface area contributed by atoms with E-state index >= 15 is 0 Å². The lowest BCUT2D eigenvalue weighted by Gasteiger charge is -2.29. The molecule has 1 aliphatic rings. The number of rotatable bonds is 4. The van der Waals surface area contributed by atoms with E-state index in [4.69, 9.17) is 10.1 Å². The normalized spacial score (nSPS) is 13.8. The highest BCUT2D eigenvalue weighted by molar-refractivity contribution is 6.04. The Morgan fingerprint density at radius 3 is 2.35 bits per heavy atom. The number of hydrogen-bond acceptors (Lipinski definition) is 4. The van der Waals surface area contributed by atoms with Gasteiger partial charge in [0.2, 0.25) is 0 Å². The van der Waals surface area contributed by atoms with Crippen LogP contribution in [0.4, 0.5) is 5.69 Å². The van der Waals surface area contributed by atoms with Crippen LogP contribution in [-0.4, -0.2) is 52.7 Å². The van der Waals surface area contributed by atoms with Crippen molar-refractivity contribution in [2.75, 3.05) is 31.6 Å². The maximum absolute atomic E-state index is 13.2. The molecular weight excluding hydrogens is 426 g/mol. The number of amides is 1. The number of aryl methyl sites for hydroxylation is 2. The van der Waals surface area contributed by atoms with Crippen molar-refractivity contribution in [2.45, 2.75) is 13.8 Å². The van der Waals surface area contributed by atoms with E-state index in [-0.39, 0.29) is 5.91 Å². The van der Waals surface area contributed by atoms with Gasteiger partial charge in [0.15, 0.2) is 0 Å². The smallest absolute Gasteiger partial charge is 0.274 e. The van der Waals surface area contributed by atoms with Crippen LogP contribution in [-0.2, 0) is 4.74 Å². The zero-order valence-corrected chi connectivity index (χ0v) is 19.3. The number of aromatic nitrogens is 2. The lowest BCUT2D eigenvalue weighted by molar-refractivity contribution is 0.0680. The first-order valence-electron chi connectivity index (χ1n) is 11.4. The molecule has 2 N–H and O–H groups in total. The number of anilines is 1. The van der Waals surface area contributed by atoms with E-state index < -0.39 is 0 Å². The molecule has 2 heterocycles. The molecule has 0 aliphatic carbocycles. The second-order valence-electron chi connectivity index (χ2n) is 8.55. The summed E-state index contributed by atoms with van der Waals surface area (Å²) in [4.78, 5) is 15.2. The maximum Gasteiger partial charge on any atom is 0.274 e. The number of hydrogen-bond donors (Lipinski definition) is 2.